The van der Waals surface area contributed by atoms with E-state index in [9.17, 15) is 18.0 Å². The molecule has 0 amide bonds. The van der Waals surface area contributed by atoms with Crippen LogP contribution in [-0.4, -0.2) is 22.2 Å². The zero-order valence-electron chi connectivity index (χ0n) is 11.5. The Bertz CT molecular complexity index is 651. The minimum atomic E-state index is -4.30. The van der Waals surface area contributed by atoms with Crippen LogP contribution in [0.15, 0.2) is 42.6 Å². The normalized spacial score (nSPS) is 12.7. The molecule has 0 aliphatic rings. The van der Waals surface area contributed by atoms with E-state index in [0.717, 1.165) is 13.1 Å². The van der Waals surface area contributed by atoms with E-state index in [4.69, 9.17) is 9.84 Å². The van der Waals surface area contributed by atoms with Crippen molar-refractivity contribution in [2.45, 2.75) is 19.0 Å². The number of carbonyl (C=O) groups is 1. The van der Waals surface area contributed by atoms with Crippen molar-refractivity contribution in [1.29, 1.82) is 0 Å². The van der Waals surface area contributed by atoms with Crippen LogP contribution in [0, 0.1) is 0 Å². The average molecular weight is 311 g/mol. The number of halogens is 3. The Hall–Kier alpha value is -2.57. The monoisotopic (exact) mass is 311 g/mol. The molecule has 1 N–H and O–H groups in total. The lowest BCUT2D eigenvalue weighted by atomic mass is 10.0. The van der Waals surface area contributed by atoms with Crippen LogP contribution in [0.5, 0.6) is 11.6 Å². The van der Waals surface area contributed by atoms with Crippen LogP contribution in [0.2, 0.25) is 0 Å². The second-order valence-corrected chi connectivity index (χ2v) is 4.62. The lowest BCUT2D eigenvalue weighted by molar-refractivity contribution is -0.146. The van der Waals surface area contributed by atoms with Gasteiger partial charge in [-0.1, -0.05) is 12.1 Å². The second kappa shape index (κ2) is 6.05. The summed E-state index contributed by atoms with van der Waals surface area (Å²) in [4.78, 5) is 14.5. The molecule has 0 saturated carbocycles. The Morgan fingerprint density at radius 3 is 2.27 bits per heavy atom. The minimum absolute atomic E-state index is 0.0155. The van der Waals surface area contributed by atoms with Gasteiger partial charge in [-0.05, 0) is 30.7 Å². The second-order valence-electron chi connectivity index (χ2n) is 4.62. The molecule has 4 nitrogen and oxygen atoms in total. The maximum atomic E-state index is 12.6. The lowest BCUT2D eigenvalue weighted by Gasteiger charge is -2.16. The van der Waals surface area contributed by atoms with Crippen LogP contribution in [0.1, 0.15) is 28.8 Å². The van der Waals surface area contributed by atoms with Gasteiger partial charge in [-0.15, -0.1) is 0 Å². The molecule has 1 aromatic carbocycles. The van der Waals surface area contributed by atoms with Gasteiger partial charge in [0.1, 0.15) is 5.75 Å². The van der Waals surface area contributed by atoms with E-state index >= 15 is 0 Å². The molecule has 0 aliphatic heterocycles. The molecule has 1 aromatic heterocycles. The molecule has 0 radical (unpaired) electrons. The number of aromatic nitrogens is 1. The number of rotatable bonds is 4. The predicted octanol–water partition coefficient (Wildman–Crippen LogP) is 4.24. The number of ether oxygens (including phenoxy) is 1. The first-order valence-corrected chi connectivity index (χ1v) is 6.31. The molecule has 0 spiro atoms. The van der Waals surface area contributed by atoms with E-state index in [2.05, 4.69) is 4.98 Å². The van der Waals surface area contributed by atoms with E-state index in [-0.39, 0.29) is 17.0 Å². The summed E-state index contributed by atoms with van der Waals surface area (Å²) in [6.45, 7) is 1.09. The van der Waals surface area contributed by atoms with Crippen LogP contribution < -0.4 is 4.74 Å². The average Bonchev–Trinajstić information content (AvgIpc) is 2.47. The molecule has 1 unspecified atom stereocenters. The Labute approximate surface area is 124 Å². The number of carboxylic acid groups (broad SMARTS) is 1. The number of hydrogen-bond acceptors (Lipinski definition) is 3. The Balaban J connectivity index is 2.09. The number of pyridine rings is 1. The fraction of sp³-hybridized carbons (Fsp3) is 0.200. The number of aromatic carboxylic acids is 1. The fourth-order valence-corrected chi connectivity index (χ4v) is 1.70. The van der Waals surface area contributed by atoms with Gasteiger partial charge >= 0.3 is 12.1 Å². The summed E-state index contributed by atoms with van der Waals surface area (Å²) in [5, 5.41) is 8.74. The molecule has 2 rings (SSSR count). The third kappa shape index (κ3) is 3.75. The van der Waals surface area contributed by atoms with Crippen molar-refractivity contribution in [3.05, 3.63) is 53.7 Å². The number of hydrogen-bond donors (Lipinski definition) is 1. The van der Waals surface area contributed by atoms with Crippen molar-refractivity contribution >= 4 is 5.97 Å². The number of benzene rings is 1. The van der Waals surface area contributed by atoms with Crippen molar-refractivity contribution in [3.8, 4) is 11.6 Å². The molecule has 7 heteroatoms. The number of carboxylic acids is 1. The molecule has 0 fully saturated rings. The highest BCUT2D eigenvalue weighted by Gasteiger charge is 2.36. The summed E-state index contributed by atoms with van der Waals surface area (Å²) in [5.74, 6) is -2.20. The van der Waals surface area contributed by atoms with Crippen molar-refractivity contribution in [2.24, 2.45) is 0 Å². The first-order chi connectivity index (χ1) is 10.3. The van der Waals surface area contributed by atoms with Gasteiger partial charge in [0.2, 0.25) is 5.88 Å². The van der Waals surface area contributed by atoms with Crippen molar-refractivity contribution in [3.63, 3.8) is 0 Å². The van der Waals surface area contributed by atoms with Gasteiger partial charge < -0.3 is 9.84 Å². The zero-order valence-corrected chi connectivity index (χ0v) is 11.5. The molecule has 116 valence electrons. The Kier molecular flexibility index (Phi) is 4.35. The van der Waals surface area contributed by atoms with Gasteiger partial charge in [-0.2, -0.15) is 13.2 Å². The maximum Gasteiger partial charge on any atom is 0.395 e. The smallest absolute Gasteiger partial charge is 0.395 e. The third-order valence-electron chi connectivity index (χ3n) is 3.08. The van der Waals surface area contributed by atoms with Crippen LogP contribution in [0.25, 0.3) is 0 Å². The van der Waals surface area contributed by atoms with Gasteiger partial charge in [-0.25, -0.2) is 9.78 Å². The van der Waals surface area contributed by atoms with Crippen molar-refractivity contribution in [1.82, 2.24) is 4.98 Å². The van der Waals surface area contributed by atoms with Crippen LogP contribution >= 0.6 is 0 Å². The van der Waals surface area contributed by atoms with Crippen molar-refractivity contribution < 1.29 is 27.8 Å². The number of nitrogens with zero attached hydrogens (tertiary/aromatic N) is 1. The molecular weight excluding hydrogens is 299 g/mol. The summed E-state index contributed by atoms with van der Waals surface area (Å²) < 4.78 is 43.1. The van der Waals surface area contributed by atoms with Crippen LogP contribution in [-0.2, 0) is 0 Å². The molecule has 22 heavy (non-hydrogen) atoms. The maximum absolute atomic E-state index is 12.6. The first-order valence-electron chi connectivity index (χ1n) is 6.31. The van der Waals surface area contributed by atoms with Crippen LogP contribution in [0.4, 0.5) is 13.2 Å². The molecular formula is C15H12F3NO3. The van der Waals surface area contributed by atoms with Gasteiger partial charge in [0.05, 0.1) is 11.5 Å². The third-order valence-corrected chi connectivity index (χ3v) is 3.08. The summed E-state index contributed by atoms with van der Waals surface area (Å²) in [5.41, 5.74) is 0.149. The van der Waals surface area contributed by atoms with Gasteiger partial charge in [0.25, 0.3) is 0 Å². The molecule has 1 atom stereocenters. The molecule has 0 bridgehead atoms. The van der Waals surface area contributed by atoms with Gasteiger partial charge in [0, 0.05) is 12.3 Å². The fourth-order valence-electron chi connectivity index (χ4n) is 1.70. The molecule has 0 saturated heterocycles. The lowest BCUT2D eigenvalue weighted by Crippen LogP contribution is -2.17. The van der Waals surface area contributed by atoms with E-state index in [1.807, 2.05) is 0 Å². The minimum Gasteiger partial charge on any atom is -0.478 e. The Morgan fingerprint density at radius 2 is 1.82 bits per heavy atom. The van der Waals surface area contributed by atoms with E-state index in [0.29, 0.717) is 5.75 Å². The van der Waals surface area contributed by atoms with E-state index in [1.165, 1.54) is 36.4 Å². The topological polar surface area (TPSA) is 59.4 Å². The highest BCUT2D eigenvalue weighted by Crippen LogP contribution is 2.35. The zero-order chi connectivity index (χ0) is 16.3. The molecule has 0 aliphatic carbocycles. The first kappa shape index (κ1) is 15.8. The highest BCUT2D eigenvalue weighted by molar-refractivity contribution is 5.87. The molecule has 1 heterocycles. The predicted molar refractivity (Wildman–Crippen MR) is 72.2 cm³/mol. The van der Waals surface area contributed by atoms with E-state index in [1.54, 1.807) is 0 Å². The highest BCUT2D eigenvalue weighted by atomic mass is 19.4. The van der Waals surface area contributed by atoms with Gasteiger partial charge in [-0.3, -0.25) is 0 Å². The largest absolute Gasteiger partial charge is 0.478 e. The van der Waals surface area contributed by atoms with Gasteiger partial charge in [0.15, 0.2) is 0 Å². The summed E-state index contributed by atoms with van der Waals surface area (Å²) >= 11 is 0. The van der Waals surface area contributed by atoms with Crippen LogP contribution in [0.3, 0.4) is 0 Å². The summed E-state index contributed by atoms with van der Waals surface area (Å²) in [6.07, 6.45) is -3.16. The Morgan fingerprint density at radius 1 is 1.18 bits per heavy atom. The number of alkyl halides is 3. The summed E-state index contributed by atoms with van der Waals surface area (Å²) in [7, 11) is 0. The summed E-state index contributed by atoms with van der Waals surface area (Å²) in [6, 6.07) is 8.17. The molecule has 2 aromatic rings. The van der Waals surface area contributed by atoms with Crippen molar-refractivity contribution in [2.75, 3.05) is 0 Å². The quantitative estimate of drug-likeness (QED) is 0.917. The SMILES string of the molecule is CC(c1ccc(Oc2ccc(C(=O)O)cn2)cc1)C(F)(F)F. The standard InChI is InChI=1S/C15H12F3NO3/c1-9(15(16,17)18)10-2-5-12(6-3-10)22-13-7-4-11(8-19-13)14(20)21/h2-9H,1H3,(H,20,21). The van der Waals surface area contributed by atoms with E-state index < -0.39 is 18.1 Å².